The van der Waals surface area contributed by atoms with Gasteiger partial charge in [-0.05, 0) is 6.42 Å². The normalized spacial score (nSPS) is 28.3. The van der Waals surface area contributed by atoms with Gasteiger partial charge < -0.3 is 10.0 Å². The standard InChI is InChI=1S/C9H15FN4O2S/c1-14(4-12-9(11)13-5-16)8-7(10)2-6(3-15)17-8/h4-8,15H,2-3H2,1H3,(H2,11,13,16). The van der Waals surface area contributed by atoms with E-state index in [-0.39, 0.29) is 17.8 Å². The molecule has 1 aliphatic rings. The number of amides is 1. The molecule has 8 heteroatoms. The fourth-order valence-corrected chi connectivity index (χ4v) is 2.79. The SMILES string of the molecule is CN(C=NC(=N)NC=O)C1SC(CO)CC1F. The van der Waals surface area contributed by atoms with Gasteiger partial charge in [-0.15, -0.1) is 11.8 Å². The van der Waals surface area contributed by atoms with E-state index in [0.717, 1.165) is 0 Å². The molecule has 0 spiro atoms. The summed E-state index contributed by atoms with van der Waals surface area (Å²) in [5.41, 5.74) is 0. The van der Waals surface area contributed by atoms with E-state index in [1.165, 1.54) is 23.0 Å². The summed E-state index contributed by atoms with van der Waals surface area (Å²) in [5, 5.41) is 17.7. The van der Waals surface area contributed by atoms with E-state index in [0.29, 0.717) is 12.8 Å². The van der Waals surface area contributed by atoms with Crippen molar-refractivity contribution in [3.05, 3.63) is 0 Å². The van der Waals surface area contributed by atoms with Gasteiger partial charge in [-0.25, -0.2) is 9.38 Å². The minimum Gasteiger partial charge on any atom is -0.395 e. The van der Waals surface area contributed by atoms with Gasteiger partial charge in [0, 0.05) is 12.3 Å². The van der Waals surface area contributed by atoms with Crippen LogP contribution in [-0.4, -0.2) is 59.2 Å². The topological polar surface area (TPSA) is 88.8 Å². The summed E-state index contributed by atoms with van der Waals surface area (Å²) < 4.78 is 13.6. The van der Waals surface area contributed by atoms with Crippen LogP contribution in [0, 0.1) is 5.41 Å². The molecular formula is C9H15FN4O2S. The number of rotatable bonds is 4. The number of nitrogens with zero attached hydrogens (tertiary/aromatic N) is 2. The molecule has 0 bridgehead atoms. The smallest absolute Gasteiger partial charge is 0.223 e. The molecule has 0 aromatic heterocycles. The molecule has 96 valence electrons. The van der Waals surface area contributed by atoms with Crippen molar-refractivity contribution < 1.29 is 14.3 Å². The zero-order valence-corrected chi connectivity index (χ0v) is 10.2. The predicted octanol–water partition coefficient (Wildman–Crippen LogP) is -0.211. The summed E-state index contributed by atoms with van der Waals surface area (Å²) in [6.07, 6.45) is 0.919. The van der Waals surface area contributed by atoms with Crippen molar-refractivity contribution in [1.29, 1.82) is 5.41 Å². The van der Waals surface area contributed by atoms with Crippen molar-refractivity contribution in [2.75, 3.05) is 13.7 Å². The van der Waals surface area contributed by atoms with Crippen LogP contribution in [0.15, 0.2) is 4.99 Å². The first-order valence-corrected chi connectivity index (χ1v) is 5.98. The summed E-state index contributed by atoms with van der Waals surface area (Å²) >= 11 is 1.34. The number of thioether (sulfide) groups is 1. The van der Waals surface area contributed by atoms with Crippen LogP contribution >= 0.6 is 11.8 Å². The van der Waals surface area contributed by atoms with E-state index < -0.39 is 11.5 Å². The summed E-state index contributed by atoms with van der Waals surface area (Å²) in [6.45, 7) is -0.0465. The van der Waals surface area contributed by atoms with E-state index >= 15 is 0 Å². The molecule has 0 aromatic carbocycles. The largest absolute Gasteiger partial charge is 0.395 e. The van der Waals surface area contributed by atoms with Crippen LogP contribution in [0.1, 0.15) is 6.42 Å². The Morgan fingerprint density at radius 2 is 2.53 bits per heavy atom. The van der Waals surface area contributed by atoms with Gasteiger partial charge in [-0.3, -0.25) is 15.5 Å². The highest BCUT2D eigenvalue weighted by atomic mass is 32.2. The van der Waals surface area contributed by atoms with Crippen molar-refractivity contribution in [3.8, 4) is 0 Å². The molecule has 3 unspecified atom stereocenters. The Labute approximate surface area is 103 Å². The van der Waals surface area contributed by atoms with E-state index in [9.17, 15) is 9.18 Å². The number of aliphatic hydroxyl groups is 1. The lowest BCUT2D eigenvalue weighted by Crippen LogP contribution is -2.33. The Bertz CT molecular complexity index is 315. The molecule has 1 heterocycles. The van der Waals surface area contributed by atoms with Gasteiger partial charge >= 0.3 is 0 Å². The van der Waals surface area contributed by atoms with Crippen molar-refractivity contribution in [2.45, 2.75) is 23.2 Å². The number of guanidine groups is 1. The molecule has 1 saturated heterocycles. The lowest BCUT2D eigenvalue weighted by atomic mass is 10.2. The highest BCUT2D eigenvalue weighted by Crippen LogP contribution is 2.36. The van der Waals surface area contributed by atoms with Gasteiger partial charge in [0.15, 0.2) is 0 Å². The van der Waals surface area contributed by atoms with Crippen molar-refractivity contribution >= 4 is 30.5 Å². The Morgan fingerprint density at radius 1 is 1.82 bits per heavy atom. The molecule has 0 radical (unpaired) electrons. The number of halogens is 1. The highest BCUT2D eigenvalue weighted by molar-refractivity contribution is 8.00. The molecule has 17 heavy (non-hydrogen) atoms. The van der Waals surface area contributed by atoms with Crippen LogP contribution in [0.25, 0.3) is 0 Å². The van der Waals surface area contributed by atoms with Crippen LogP contribution in [0.5, 0.6) is 0 Å². The molecule has 3 atom stereocenters. The third kappa shape index (κ3) is 3.97. The van der Waals surface area contributed by atoms with Crippen LogP contribution in [0.4, 0.5) is 4.39 Å². The fraction of sp³-hybridized carbons (Fsp3) is 0.667. The molecule has 0 aromatic rings. The van der Waals surface area contributed by atoms with Gasteiger partial charge in [0.2, 0.25) is 12.4 Å². The van der Waals surface area contributed by atoms with Crippen LogP contribution in [0.3, 0.4) is 0 Å². The number of aliphatic imine (C=N–C) groups is 1. The zero-order chi connectivity index (χ0) is 12.8. The average molecular weight is 262 g/mol. The lowest BCUT2D eigenvalue weighted by Gasteiger charge is -2.22. The average Bonchev–Trinajstić information content (AvgIpc) is 2.68. The maximum Gasteiger partial charge on any atom is 0.223 e. The maximum atomic E-state index is 13.6. The molecule has 1 rings (SSSR count). The number of nitrogens with one attached hydrogen (secondary N) is 2. The molecule has 1 aliphatic heterocycles. The summed E-state index contributed by atoms with van der Waals surface area (Å²) in [7, 11) is 1.64. The zero-order valence-electron chi connectivity index (χ0n) is 9.34. The third-order valence-corrected chi connectivity index (χ3v) is 3.93. The summed E-state index contributed by atoms with van der Waals surface area (Å²) in [5.74, 6) is -0.302. The third-order valence-electron chi connectivity index (χ3n) is 2.30. The van der Waals surface area contributed by atoms with E-state index in [1.807, 2.05) is 0 Å². The van der Waals surface area contributed by atoms with Gasteiger partial charge in [-0.1, -0.05) is 0 Å². The number of hydrogen-bond acceptors (Lipinski definition) is 4. The van der Waals surface area contributed by atoms with E-state index in [4.69, 9.17) is 10.5 Å². The minimum atomic E-state index is -1.04. The van der Waals surface area contributed by atoms with Crippen molar-refractivity contribution in [2.24, 2.45) is 4.99 Å². The highest BCUT2D eigenvalue weighted by Gasteiger charge is 2.36. The Hall–Kier alpha value is -1.15. The quantitative estimate of drug-likeness (QED) is 0.371. The molecule has 0 aliphatic carbocycles. The predicted molar refractivity (Wildman–Crippen MR) is 64.9 cm³/mol. The fourth-order valence-electron chi connectivity index (χ4n) is 1.48. The number of carbonyl (C=O) groups excluding carboxylic acids is 1. The van der Waals surface area contributed by atoms with E-state index in [2.05, 4.69) is 10.3 Å². The second-order valence-corrected chi connectivity index (χ2v) is 5.03. The van der Waals surface area contributed by atoms with Crippen molar-refractivity contribution in [1.82, 2.24) is 10.2 Å². The van der Waals surface area contributed by atoms with E-state index in [1.54, 1.807) is 7.05 Å². The first kappa shape index (κ1) is 13.9. The first-order valence-electron chi connectivity index (χ1n) is 5.03. The molecule has 1 amide bonds. The molecular weight excluding hydrogens is 247 g/mol. The molecule has 6 nitrogen and oxygen atoms in total. The minimum absolute atomic E-state index is 0.0465. The van der Waals surface area contributed by atoms with Gasteiger partial charge in [-0.2, -0.15) is 0 Å². The molecule has 3 N–H and O–H groups in total. The Kier molecular flexibility index (Phi) is 5.36. The Balaban J connectivity index is 2.50. The van der Waals surface area contributed by atoms with Gasteiger partial charge in [0.25, 0.3) is 0 Å². The van der Waals surface area contributed by atoms with Gasteiger partial charge in [0.05, 0.1) is 12.9 Å². The van der Waals surface area contributed by atoms with Gasteiger partial charge in [0.1, 0.15) is 11.5 Å². The molecule has 0 saturated carbocycles. The second kappa shape index (κ2) is 6.55. The summed E-state index contributed by atoms with van der Waals surface area (Å²) in [4.78, 5) is 15.2. The number of aliphatic hydroxyl groups excluding tert-OH is 1. The number of carbonyl (C=O) groups is 1. The van der Waals surface area contributed by atoms with Crippen molar-refractivity contribution in [3.63, 3.8) is 0 Å². The Morgan fingerprint density at radius 3 is 3.06 bits per heavy atom. The van der Waals surface area contributed by atoms with Crippen LogP contribution in [-0.2, 0) is 4.79 Å². The lowest BCUT2D eigenvalue weighted by molar-refractivity contribution is -0.108. The number of hydrogen-bond donors (Lipinski definition) is 3. The first-order chi connectivity index (χ1) is 8.08. The van der Waals surface area contributed by atoms with Crippen LogP contribution < -0.4 is 5.32 Å². The number of alkyl halides is 1. The summed E-state index contributed by atoms with van der Waals surface area (Å²) in [6, 6.07) is 0. The second-order valence-electron chi connectivity index (χ2n) is 3.60. The molecule has 1 fully saturated rings. The van der Waals surface area contributed by atoms with Crippen LogP contribution in [0.2, 0.25) is 0 Å². The monoisotopic (exact) mass is 262 g/mol. The maximum absolute atomic E-state index is 13.6.